The molecule has 1 aromatic rings. The van der Waals surface area contributed by atoms with Gasteiger partial charge in [0.05, 0.1) is 28.7 Å². The molecule has 1 heterocycles. The Morgan fingerprint density at radius 2 is 2.28 bits per heavy atom. The summed E-state index contributed by atoms with van der Waals surface area (Å²) in [6.07, 6.45) is 0.229. The van der Waals surface area contributed by atoms with Crippen LogP contribution in [0.4, 0.5) is 0 Å². The van der Waals surface area contributed by atoms with E-state index in [1.165, 1.54) is 0 Å². The SMILES string of the molecule is CC1(C(=O)Cc2cccc(Cl)c2Cl)COCC1N. The molecule has 0 spiro atoms. The lowest BCUT2D eigenvalue weighted by Gasteiger charge is -2.25. The molecule has 0 amide bonds. The summed E-state index contributed by atoms with van der Waals surface area (Å²) in [7, 11) is 0. The first-order valence-electron chi connectivity index (χ1n) is 5.74. The van der Waals surface area contributed by atoms with Crippen molar-refractivity contribution in [1.82, 2.24) is 0 Å². The zero-order valence-corrected chi connectivity index (χ0v) is 11.6. The Morgan fingerprint density at radius 1 is 1.56 bits per heavy atom. The highest BCUT2D eigenvalue weighted by molar-refractivity contribution is 6.42. The topological polar surface area (TPSA) is 52.3 Å². The van der Waals surface area contributed by atoms with Gasteiger partial charge in [0, 0.05) is 12.5 Å². The second-order valence-corrected chi connectivity index (χ2v) is 5.64. The van der Waals surface area contributed by atoms with E-state index in [1.54, 1.807) is 18.2 Å². The van der Waals surface area contributed by atoms with Gasteiger partial charge in [0.25, 0.3) is 0 Å². The summed E-state index contributed by atoms with van der Waals surface area (Å²) in [6.45, 7) is 2.63. The van der Waals surface area contributed by atoms with Crippen LogP contribution in [-0.2, 0) is 16.0 Å². The monoisotopic (exact) mass is 287 g/mol. The summed E-state index contributed by atoms with van der Waals surface area (Å²) in [6, 6.07) is 5.02. The van der Waals surface area contributed by atoms with Crippen LogP contribution in [0.3, 0.4) is 0 Å². The molecule has 1 aromatic carbocycles. The molecule has 3 nitrogen and oxygen atoms in total. The number of ketones is 1. The molecule has 18 heavy (non-hydrogen) atoms. The number of ether oxygens (including phenoxy) is 1. The molecule has 98 valence electrons. The number of carbonyl (C=O) groups is 1. The quantitative estimate of drug-likeness (QED) is 0.929. The van der Waals surface area contributed by atoms with Crippen LogP contribution in [0, 0.1) is 5.41 Å². The van der Waals surface area contributed by atoms with Crippen molar-refractivity contribution in [3.05, 3.63) is 33.8 Å². The maximum Gasteiger partial charge on any atom is 0.147 e. The largest absolute Gasteiger partial charge is 0.379 e. The van der Waals surface area contributed by atoms with E-state index in [-0.39, 0.29) is 18.2 Å². The molecule has 1 saturated heterocycles. The average molecular weight is 288 g/mol. The zero-order valence-electron chi connectivity index (χ0n) is 10.1. The minimum atomic E-state index is -0.633. The minimum absolute atomic E-state index is 0.0386. The van der Waals surface area contributed by atoms with Crippen LogP contribution in [-0.4, -0.2) is 25.0 Å². The van der Waals surface area contributed by atoms with Gasteiger partial charge in [-0.05, 0) is 18.6 Å². The third-order valence-corrected chi connectivity index (χ3v) is 4.40. The molecule has 1 aliphatic rings. The van der Waals surface area contributed by atoms with Gasteiger partial charge in [0.15, 0.2) is 0 Å². The van der Waals surface area contributed by atoms with Gasteiger partial charge in [-0.25, -0.2) is 0 Å². The van der Waals surface area contributed by atoms with Crippen LogP contribution >= 0.6 is 23.2 Å². The summed E-state index contributed by atoms with van der Waals surface area (Å²) < 4.78 is 5.28. The summed E-state index contributed by atoms with van der Waals surface area (Å²) in [5, 5.41) is 0.891. The Bertz CT molecular complexity index is 478. The van der Waals surface area contributed by atoms with Crippen molar-refractivity contribution >= 4 is 29.0 Å². The number of benzene rings is 1. The molecule has 5 heteroatoms. The number of halogens is 2. The Kier molecular flexibility index (Phi) is 3.97. The van der Waals surface area contributed by atoms with E-state index in [9.17, 15) is 4.79 Å². The van der Waals surface area contributed by atoms with Crippen molar-refractivity contribution in [2.24, 2.45) is 11.1 Å². The van der Waals surface area contributed by atoms with Crippen molar-refractivity contribution < 1.29 is 9.53 Å². The summed E-state index contributed by atoms with van der Waals surface area (Å²) in [5.74, 6) is 0.0386. The lowest BCUT2D eigenvalue weighted by molar-refractivity contribution is -0.127. The van der Waals surface area contributed by atoms with Gasteiger partial charge < -0.3 is 10.5 Å². The fraction of sp³-hybridized carbons (Fsp3) is 0.462. The predicted octanol–water partition coefficient (Wildman–Crippen LogP) is 2.47. The molecule has 1 aliphatic heterocycles. The van der Waals surface area contributed by atoms with Gasteiger partial charge in [-0.15, -0.1) is 0 Å². The van der Waals surface area contributed by atoms with E-state index in [1.807, 2.05) is 6.92 Å². The Labute approximate surface area is 116 Å². The Hall–Kier alpha value is -0.610. The first kappa shape index (κ1) is 13.8. The van der Waals surface area contributed by atoms with Gasteiger partial charge in [0.1, 0.15) is 5.78 Å². The van der Waals surface area contributed by atoms with Gasteiger partial charge in [0.2, 0.25) is 0 Å². The molecular weight excluding hydrogens is 273 g/mol. The fourth-order valence-corrected chi connectivity index (χ4v) is 2.42. The van der Waals surface area contributed by atoms with Crippen LogP contribution in [0.2, 0.25) is 10.0 Å². The fourth-order valence-electron chi connectivity index (χ4n) is 2.04. The van der Waals surface area contributed by atoms with Gasteiger partial charge in [-0.1, -0.05) is 35.3 Å². The van der Waals surface area contributed by atoms with E-state index in [0.29, 0.717) is 23.3 Å². The maximum atomic E-state index is 12.3. The molecule has 1 fully saturated rings. The molecule has 2 N–H and O–H groups in total. The van der Waals surface area contributed by atoms with Crippen molar-refractivity contribution in [1.29, 1.82) is 0 Å². The smallest absolute Gasteiger partial charge is 0.147 e. The molecule has 0 radical (unpaired) electrons. The van der Waals surface area contributed by atoms with Crippen molar-refractivity contribution in [2.75, 3.05) is 13.2 Å². The van der Waals surface area contributed by atoms with Crippen molar-refractivity contribution in [3.8, 4) is 0 Å². The van der Waals surface area contributed by atoms with Crippen molar-refractivity contribution in [3.63, 3.8) is 0 Å². The second-order valence-electron chi connectivity index (χ2n) is 4.85. The van der Waals surface area contributed by atoms with Crippen LogP contribution in [0.25, 0.3) is 0 Å². The summed E-state index contributed by atoms with van der Waals surface area (Å²) >= 11 is 12.0. The zero-order chi connectivity index (χ0) is 13.3. The van der Waals surface area contributed by atoms with E-state index in [2.05, 4.69) is 0 Å². The third kappa shape index (κ3) is 2.41. The Balaban J connectivity index is 2.19. The van der Waals surface area contributed by atoms with Crippen LogP contribution < -0.4 is 5.73 Å². The number of Topliss-reactive ketones (excluding diaryl/α,β-unsaturated/α-hetero) is 1. The Morgan fingerprint density at radius 3 is 2.89 bits per heavy atom. The molecule has 2 rings (SSSR count). The number of hydrogen-bond acceptors (Lipinski definition) is 3. The highest BCUT2D eigenvalue weighted by atomic mass is 35.5. The highest BCUT2D eigenvalue weighted by Gasteiger charge is 2.43. The molecular formula is C13H15Cl2NO2. The van der Waals surface area contributed by atoms with Crippen LogP contribution in [0.15, 0.2) is 18.2 Å². The van der Waals surface area contributed by atoms with Gasteiger partial charge >= 0.3 is 0 Å². The van der Waals surface area contributed by atoms with E-state index in [4.69, 9.17) is 33.7 Å². The molecule has 0 aliphatic carbocycles. The van der Waals surface area contributed by atoms with Crippen LogP contribution in [0.5, 0.6) is 0 Å². The summed E-state index contributed by atoms with van der Waals surface area (Å²) in [4.78, 5) is 12.3. The van der Waals surface area contributed by atoms with E-state index >= 15 is 0 Å². The standard InChI is InChI=1S/C13H15Cl2NO2/c1-13(7-18-6-10(13)16)11(17)5-8-3-2-4-9(14)12(8)15/h2-4,10H,5-7,16H2,1H3. The van der Waals surface area contributed by atoms with Gasteiger partial charge in [-0.3, -0.25) is 4.79 Å². The normalized spacial score (nSPS) is 27.4. The lowest BCUT2D eigenvalue weighted by atomic mass is 9.79. The molecule has 0 aromatic heterocycles. The number of rotatable bonds is 3. The minimum Gasteiger partial charge on any atom is -0.379 e. The number of carbonyl (C=O) groups excluding carboxylic acids is 1. The third-order valence-electron chi connectivity index (χ3n) is 3.54. The average Bonchev–Trinajstić information content (AvgIpc) is 2.67. The van der Waals surface area contributed by atoms with Gasteiger partial charge in [-0.2, -0.15) is 0 Å². The van der Waals surface area contributed by atoms with Crippen molar-refractivity contribution in [2.45, 2.75) is 19.4 Å². The van der Waals surface area contributed by atoms with Crippen LogP contribution in [0.1, 0.15) is 12.5 Å². The molecule has 2 atom stereocenters. The van der Waals surface area contributed by atoms with E-state index in [0.717, 1.165) is 5.56 Å². The van der Waals surface area contributed by atoms with E-state index < -0.39 is 5.41 Å². The highest BCUT2D eigenvalue weighted by Crippen LogP contribution is 2.32. The lowest BCUT2D eigenvalue weighted by Crippen LogP contribution is -2.45. The number of hydrogen-bond donors (Lipinski definition) is 1. The second kappa shape index (κ2) is 5.17. The summed E-state index contributed by atoms with van der Waals surface area (Å²) in [5.41, 5.74) is 6.03. The number of nitrogens with two attached hydrogens (primary N) is 1. The molecule has 0 saturated carbocycles. The maximum absolute atomic E-state index is 12.3. The first-order valence-corrected chi connectivity index (χ1v) is 6.50. The molecule has 2 unspecified atom stereocenters. The predicted molar refractivity (Wildman–Crippen MR) is 72.1 cm³/mol. The first-order chi connectivity index (χ1) is 8.45. The molecule has 0 bridgehead atoms.